The topological polar surface area (TPSA) is 92.4 Å². The summed E-state index contributed by atoms with van der Waals surface area (Å²) in [6, 6.07) is 6.08. The lowest BCUT2D eigenvalue weighted by atomic mass is 10.1. The van der Waals surface area contributed by atoms with Gasteiger partial charge in [-0.25, -0.2) is 13.1 Å². The van der Waals surface area contributed by atoms with Crippen molar-refractivity contribution in [2.24, 2.45) is 0 Å². The summed E-state index contributed by atoms with van der Waals surface area (Å²) in [5, 5.41) is 9.77. The SMILES string of the molecule is CCC(O)c1cccc(S(=O)(=O)Nc2nc(C)co2)c1. The first-order chi connectivity index (χ1) is 9.42. The number of oxazole rings is 1. The lowest BCUT2D eigenvalue weighted by Crippen LogP contribution is -2.13. The highest BCUT2D eigenvalue weighted by molar-refractivity contribution is 7.92. The summed E-state index contributed by atoms with van der Waals surface area (Å²) < 4.78 is 31.6. The molecule has 2 aromatic rings. The van der Waals surface area contributed by atoms with Crippen LogP contribution in [-0.4, -0.2) is 18.5 Å². The van der Waals surface area contributed by atoms with E-state index >= 15 is 0 Å². The maximum atomic E-state index is 12.2. The molecule has 1 heterocycles. The van der Waals surface area contributed by atoms with Gasteiger partial charge >= 0.3 is 6.01 Å². The van der Waals surface area contributed by atoms with Crippen LogP contribution in [0.5, 0.6) is 0 Å². The molecular weight excluding hydrogens is 280 g/mol. The second-order valence-corrected chi connectivity index (χ2v) is 6.08. The van der Waals surface area contributed by atoms with Crippen molar-refractivity contribution in [2.45, 2.75) is 31.3 Å². The van der Waals surface area contributed by atoms with Crippen molar-refractivity contribution in [3.8, 4) is 0 Å². The largest absolute Gasteiger partial charge is 0.431 e. The number of hydrogen-bond acceptors (Lipinski definition) is 5. The first-order valence-electron chi connectivity index (χ1n) is 6.15. The zero-order valence-electron chi connectivity index (χ0n) is 11.2. The minimum Gasteiger partial charge on any atom is -0.431 e. The normalized spacial score (nSPS) is 13.2. The van der Waals surface area contributed by atoms with Crippen LogP contribution in [0, 0.1) is 6.92 Å². The molecular formula is C13H16N2O4S. The van der Waals surface area contributed by atoms with Gasteiger partial charge in [-0.1, -0.05) is 19.1 Å². The number of anilines is 1. The molecule has 2 rings (SSSR count). The van der Waals surface area contributed by atoms with Crippen LogP contribution >= 0.6 is 0 Å². The minimum atomic E-state index is -3.78. The van der Waals surface area contributed by atoms with Crippen molar-refractivity contribution < 1.29 is 17.9 Å². The number of hydrogen-bond donors (Lipinski definition) is 2. The van der Waals surface area contributed by atoms with Gasteiger partial charge in [0.1, 0.15) is 6.26 Å². The molecule has 0 aliphatic heterocycles. The highest BCUT2D eigenvalue weighted by atomic mass is 32.2. The Labute approximate surface area is 117 Å². The summed E-state index contributed by atoms with van der Waals surface area (Å²) in [6.45, 7) is 3.51. The number of nitrogens with one attached hydrogen (secondary N) is 1. The number of benzene rings is 1. The molecule has 0 radical (unpaired) electrons. The summed E-state index contributed by atoms with van der Waals surface area (Å²) in [6.07, 6.45) is 1.18. The Morgan fingerprint density at radius 3 is 2.80 bits per heavy atom. The highest BCUT2D eigenvalue weighted by Gasteiger charge is 2.18. The molecule has 2 N–H and O–H groups in total. The molecule has 108 valence electrons. The Kier molecular flexibility index (Phi) is 4.10. The van der Waals surface area contributed by atoms with Crippen molar-refractivity contribution >= 4 is 16.0 Å². The first kappa shape index (κ1) is 14.5. The van der Waals surface area contributed by atoms with Gasteiger partial charge in [0.2, 0.25) is 0 Å². The van der Waals surface area contributed by atoms with Crippen molar-refractivity contribution in [3.63, 3.8) is 0 Å². The van der Waals surface area contributed by atoms with Crippen LogP contribution in [0.3, 0.4) is 0 Å². The van der Waals surface area contributed by atoms with Crippen molar-refractivity contribution in [1.82, 2.24) is 4.98 Å². The molecule has 0 spiro atoms. The van der Waals surface area contributed by atoms with Crippen LogP contribution in [0.1, 0.15) is 30.7 Å². The van der Waals surface area contributed by atoms with Crippen LogP contribution in [0.4, 0.5) is 6.01 Å². The third kappa shape index (κ3) is 3.17. The van der Waals surface area contributed by atoms with Gasteiger partial charge in [-0.05, 0) is 31.0 Å². The third-order valence-electron chi connectivity index (χ3n) is 2.78. The van der Waals surface area contributed by atoms with Crippen LogP contribution < -0.4 is 4.72 Å². The fraction of sp³-hybridized carbons (Fsp3) is 0.308. The van der Waals surface area contributed by atoms with Gasteiger partial charge in [-0.15, -0.1) is 0 Å². The van der Waals surface area contributed by atoms with Gasteiger partial charge in [-0.2, -0.15) is 4.98 Å². The fourth-order valence-corrected chi connectivity index (χ4v) is 2.69. The highest BCUT2D eigenvalue weighted by Crippen LogP contribution is 2.21. The summed E-state index contributed by atoms with van der Waals surface area (Å²) in [4.78, 5) is 3.94. The van der Waals surface area contributed by atoms with Gasteiger partial charge in [-0.3, -0.25) is 0 Å². The Morgan fingerprint density at radius 1 is 1.45 bits per heavy atom. The molecule has 0 bridgehead atoms. The Balaban J connectivity index is 2.29. The molecule has 6 nitrogen and oxygen atoms in total. The lowest BCUT2D eigenvalue weighted by Gasteiger charge is -2.10. The maximum absolute atomic E-state index is 12.2. The Hall–Kier alpha value is -1.86. The van der Waals surface area contributed by atoms with E-state index in [0.717, 1.165) is 0 Å². The van der Waals surface area contributed by atoms with Gasteiger partial charge in [0.25, 0.3) is 10.0 Å². The van der Waals surface area contributed by atoms with Gasteiger partial charge in [0, 0.05) is 0 Å². The van der Waals surface area contributed by atoms with E-state index in [9.17, 15) is 13.5 Å². The number of aliphatic hydroxyl groups is 1. The zero-order valence-corrected chi connectivity index (χ0v) is 12.0. The summed E-state index contributed by atoms with van der Waals surface area (Å²) in [5.41, 5.74) is 1.14. The summed E-state index contributed by atoms with van der Waals surface area (Å²) in [5.74, 6) is 0. The lowest BCUT2D eigenvalue weighted by molar-refractivity contribution is 0.173. The van der Waals surface area contributed by atoms with Crippen LogP contribution in [0.2, 0.25) is 0 Å². The molecule has 0 fully saturated rings. The van der Waals surface area contributed by atoms with E-state index in [-0.39, 0.29) is 10.9 Å². The number of aromatic nitrogens is 1. The van der Waals surface area contributed by atoms with E-state index in [2.05, 4.69) is 9.71 Å². The quantitative estimate of drug-likeness (QED) is 0.882. The monoisotopic (exact) mass is 296 g/mol. The molecule has 0 saturated heterocycles. The van der Waals surface area contributed by atoms with Crippen molar-refractivity contribution in [2.75, 3.05) is 4.72 Å². The predicted octanol–water partition coefficient (Wildman–Crippen LogP) is 2.23. The van der Waals surface area contributed by atoms with Gasteiger partial charge < -0.3 is 9.52 Å². The number of nitrogens with zero attached hydrogens (tertiary/aromatic N) is 1. The van der Waals surface area contributed by atoms with Crippen molar-refractivity contribution in [1.29, 1.82) is 0 Å². The van der Waals surface area contributed by atoms with E-state index in [0.29, 0.717) is 17.7 Å². The van der Waals surface area contributed by atoms with E-state index in [1.165, 1.54) is 18.4 Å². The molecule has 1 atom stereocenters. The van der Waals surface area contributed by atoms with Crippen LogP contribution in [0.15, 0.2) is 39.8 Å². The zero-order chi connectivity index (χ0) is 14.8. The number of aryl methyl sites for hydroxylation is 1. The van der Waals surface area contributed by atoms with Crippen molar-refractivity contribution in [3.05, 3.63) is 41.8 Å². The number of aliphatic hydroxyl groups excluding tert-OH is 1. The molecule has 20 heavy (non-hydrogen) atoms. The first-order valence-corrected chi connectivity index (χ1v) is 7.63. The molecule has 1 aromatic carbocycles. The van der Waals surface area contributed by atoms with E-state index < -0.39 is 16.1 Å². The Morgan fingerprint density at radius 2 is 2.20 bits per heavy atom. The third-order valence-corrected chi connectivity index (χ3v) is 4.10. The molecule has 1 unspecified atom stereocenters. The van der Waals surface area contributed by atoms with Gasteiger partial charge in [0.15, 0.2) is 0 Å². The average molecular weight is 296 g/mol. The summed E-state index contributed by atoms with van der Waals surface area (Å²) >= 11 is 0. The predicted molar refractivity (Wildman–Crippen MR) is 73.7 cm³/mol. The van der Waals surface area contributed by atoms with Crippen LogP contribution in [-0.2, 0) is 10.0 Å². The minimum absolute atomic E-state index is 0.0540. The number of rotatable bonds is 5. The number of sulfonamides is 1. The van der Waals surface area contributed by atoms with Gasteiger partial charge in [0.05, 0.1) is 16.7 Å². The molecule has 0 saturated carbocycles. The Bertz CT molecular complexity index is 694. The molecule has 0 amide bonds. The maximum Gasteiger partial charge on any atom is 0.309 e. The van der Waals surface area contributed by atoms with Crippen LogP contribution in [0.25, 0.3) is 0 Å². The smallest absolute Gasteiger partial charge is 0.309 e. The second-order valence-electron chi connectivity index (χ2n) is 4.40. The van der Waals surface area contributed by atoms with E-state index in [1.54, 1.807) is 19.1 Å². The molecule has 1 aromatic heterocycles. The average Bonchev–Trinajstić information content (AvgIpc) is 2.82. The van der Waals surface area contributed by atoms with E-state index in [1.807, 2.05) is 6.92 Å². The fourth-order valence-electron chi connectivity index (χ4n) is 1.70. The second kappa shape index (κ2) is 5.64. The van der Waals surface area contributed by atoms with E-state index in [4.69, 9.17) is 4.42 Å². The molecule has 0 aliphatic carbocycles. The standard InChI is InChI=1S/C13H16N2O4S/c1-3-12(16)10-5-4-6-11(7-10)20(17,18)15-13-14-9(2)8-19-13/h4-8,12,16H,3H2,1-2H3,(H,14,15). The summed E-state index contributed by atoms with van der Waals surface area (Å²) in [7, 11) is -3.78. The molecule has 0 aliphatic rings. The molecule has 7 heteroatoms.